The highest BCUT2D eigenvalue weighted by Crippen LogP contribution is 2.23. The second-order valence-corrected chi connectivity index (χ2v) is 5.89. The number of hydrogen-bond acceptors (Lipinski definition) is 6. The van der Waals surface area contributed by atoms with E-state index in [0.717, 1.165) is 5.56 Å². The van der Waals surface area contributed by atoms with Gasteiger partial charge in [0.25, 0.3) is 0 Å². The second-order valence-electron chi connectivity index (χ2n) is 5.49. The number of nitrogens with zero attached hydrogens (tertiary/aromatic N) is 4. The average molecular weight is 345 g/mol. The van der Waals surface area contributed by atoms with Crippen molar-refractivity contribution in [3.05, 3.63) is 65.3 Å². The summed E-state index contributed by atoms with van der Waals surface area (Å²) in [5.74, 6) is 0.973. The smallest absolute Gasteiger partial charge is 0.241 e. The monoisotopic (exact) mass is 344 g/mol. The van der Waals surface area contributed by atoms with Crippen molar-refractivity contribution in [3.63, 3.8) is 0 Å². The fourth-order valence-electron chi connectivity index (χ4n) is 2.37. The molecular formula is C17H17ClN4O2. The van der Waals surface area contributed by atoms with Gasteiger partial charge in [-0.1, -0.05) is 35.0 Å². The minimum atomic E-state index is -0.690. The Morgan fingerprint density at radius 2 is 2.08 bits per heavy atom. The topological polar surface area (TPSA) is 75.3 Å². The van der Waals surface area contributed by atoms with Gasteiger partial charge in [0.2, 0.25) is 11.7 Å². The lowest BCUT2D eigenvalue weighted by Crippen LogP contribution is -2.24. The molecule has 0 saturated heterocycles. The Kier molecular flexibility index (Phi) is 5.20. The zero-order valence-electron chi connectivity index (χ0n) is 13.1. The largest absolute Gasteiger partial charge is 0.387 e. The van der Waals surface area contributed by atoms with E-state index in [9.17, 15) is 5.11 Å². The van der Waals surface area contributed by atoms with Crippen LogP contribution in [0.2, 0.25) is 5.02 Å². The first kappa shape index (κ1) is 16.6. The van der Waals surface area contributed by atoms with Gasteiger partial charge < -0.3 is 9.63 Å². The molecule has 1 N–H and O–H groups in total. The molecule has 2 heterocycles. The van der Waals surface area contributed by atoms with Gasteiger partial charge in [0, 0.05) is 35.1 Å². The third-order valence-corrected chi connectivity index (χ3v) is 3.89. The van der Waals surface area contributed by atoms with Crippen molar-refractivity contribution in [2.24, 2.45) is 0 Å². The van der Waals surface area contributed by atoms with Crippen molar-refractivity contribution in [1.82, 2.24) is 20.0 Å². The molecule has 0 fully saturated rings. The van der Waals surface area contributed by atoms with Crippen LogP contribution in [0.5, 0.6) is 0 Å². The van der Waals surface area contributed by atoms with Crippen LogP contribution < -0.4 is 0 Å². The molecule has 0 radical (unpaired) electrons. The molecular weight excluding hydrogens is 328 g/mol. The fraction of sp³-hybridized carbons (Fsp3) is 0.235. The molecule has 0 aliphatic rings. The maximum Gasteiger partial charge on any atom is 0.241 e. The van der Waals surface area contributed by atoms with E-state index in [-0.39, 0.29) is 0 Å². The van der Waals surface area contributed by atoms with Crippen LogP contribution in [-0.4, -0.2) is 38.7 Å². The van der Waals surface area contributed by atoms with Gasteiger partial charge in [-0.15, -0.1) is 0 Å². The predicted molar refractivity (Wildman–Crippen MR) is 90.3 cm³/mol. The van der Waals surface area contributed by atoms with Crippen LogP contribution >= 0.6 is 11.6 Å². The normalized spacial score (nSPS) is 12.5. The predicted octanol–water partition coefficient (Wildman–Crippen LogP) is 2.95. The summed E-state index contributed by atoms with van der Waals surface area (Å²) in [4.78, 5) is 10.3. The minimum Gasteiger partial charge on any atom is -0.387 e. The van der Waals surface area contributed by atoms with Crippen molar-refractivity contribution >= 4 is 11.6 Å². The maximum atomic E-state index is 10.3. The first-order chi connectivity index (χ1) is 11.6. The summed E-state index contributed by atoms with van der Waals surface area (Å²) >= 11 is 6.11. The Hall–Kier alpha value is -2.28. The Labute approximate surface area is 144 Å². The van der Waals surface area contributed by atoms with Crippen LogP contribution in [0.4, 0.5) is 0 Å². The maximum absolute atomic E-state index is 10.3. The Bertz CT molecular complexity index is 794. The summed E-state index contributed by atoms with van der Waals surface area (Å²) < 4.78 is 5.26. The molecule has 0 amide bonds. The quantitative estimate of drug-likeness (QED) is 0.741. The lowest BCUT2D eigenvalue weighted by Gasteiger charge is -2.19. The molecule has 1 unspecified atom stereocenters. The molecule has 24 heavy (non-hydrogen) atoms. The van der Waals surface area contributed by atoms with E-state index in [1.165, 1.54) is 0 Å². The van der Waals surface area contributed by atoms with Crippen LogP contribution in [0.25, 0.3) is 11.4 Å². The summed E-state index contributed by atoms with van der Waals surface area (Å²) in [7, 11) is 1.87. The summed E-state index contributed by atoms with van der Waals surface area (Å²) in [5.41, 5.74) is 1.50. The summed E-state index contributed by atoms with van der Waals surface area (Å²) in [6, 6.07) is 10.9. The number of aromatic nitrogens is 3. The number of benzene rings is 1. The number of hydrogen-bond donors (Lipinski definition) is 1. The van der Waals surface area contributed by atoms with Gasteiger partial charge in [-0.2, -0.15) is 4.98 Å². The number of likely N-dealkylation sites (N-methyl/N-ethyl adjacent to an activating group) is 1. The summed E-state index contributed by atoms with van der Waals surface area (Å²) in [6.07, 6.45) is 2.68. The van der Waals surface area contributed by atoms with Gasteiger partial charge in [0.1, 0.15) is 0 Å². The first-order valence-corrected chi connectivity index (χ1v) is 7.85. The van der Waals surface area contributed by atoms with Gasteiger partial charge in [0.05, 0.1) is 12.6 Å². The highest BCUT2D eigenvalue weighted by molar-refractivity contribution is 6.31. The number of rotatable bonds is 6. The molecule has 1 atom stereocenters. The van der Waals surface area contributed by atoms with Crippen molar-refractivity contribution in [3.8, 4) is 11.4 Å². The van der Waals surface area contributed by atoms with Crippen LogP contribution in [-0.2, 0) is 6.54 Å². The molecule has 2 aromatic heterocycles. The van der Waals surface area contributed by atoms with Crippen LogP contribution in [0, 0.1) is 0 Å². The highest BCUT2D eigenvalue weighted by Gasteiger charge is 2.16. The second kappa shape index (κ2) is 7.53. The molecule has 0 saturated carbocycles. The van der Waals surface area contributed by atoms with E-state index >= 15 is 0 Å². The van der Waals surface area contributed by atoms with E-state index < -0.39 is 6.10 Å². The SMILES string of the molecule is CN(Cc1nc(-c2cccnc2)no1)CC(O)c1ccccc1Cl. The number of aliphatic hydroxyl groups is 1. The molecule has 1 aromatic carbocycles. The van der Waals surface area contributed by atoms with Gasteiger partial charge in [-0.25, -0.2) is 0 Å². The summed E-state index contributed by atoms with van der Waals surface area (Å²) in [6.45, 7) is 0.823. The van der Waals surface area contributed by atoms with E-state index in [2.05, 4.69) is 15.1 Å². The summed E-state index contributed by atoms with van der Waals surface area (Å²) in [5, 5.41) is 14.8. The minimum absolute atomic E-state index is 0.397. The van der Waals surface area contributed by atoms with E-state index in [1.54, 1.807) is 18.5 Å². The molecule has 6 nitrogen and oxygen atoms in total. The van der Waals surface area contributed by atoms with E-state index in [0.29, 0.717) is 35.4 Å². The van der Waals surface area contributed by atoms with Gasteiger partial charge in [-0.05, 0) is 25.2 Å². The Morgan fingerprint density at radius 3 is 2.83 bits per heavy atom. The molecule has 0 bridgehead atoms. The van der Waals surface area contributed by atoms with Crippen molar-refractivity contribution < 1.29 is 9.63 Å². The third kappa shape index (κ3) is 3.97. The van der Waals surface area contributed by atoms with Gasteiger partial charge >= 0.3 is 0 Å². The van der Waals surface area contributed by atoms with E-state index in [4.69, 9.17) is 16.1 Å². The standard InChI is InChI=1S/C17H17ClN4O2/c1-22(10-15(23)13-6-2-3-7-14(13)18)11-16-20-17(21-24-16)12-5-4-8-19-9-12/h2-9,15,23H,10-11H2,1H3. The van der Waals surface area contributed by atoms with E-state index in [1.807, 2.05) is 42.3 Å². The van der Waals surface area contributed by atoms with Gasteiger partial charge in [-0.3, -0.25) is 9.88 Å². The lowest BCUT2D eigenvalue weighted by molar-refractivity contribution is 0.118. The molecule has 0 spiro atoms. The number of pyridine rings is 1. The molecule has 0 aliphatic carbocycles. The van der Waals surface area contributed by atoms with Crippen molar-refractivity contribution in [2.75, 3.05) is 13.6 Å². The number of aliphatic hydroxyl groups excluding tert-OH is 1. The van der Waals surface area contributed by atoms with Crippen molar-refractivity contribution in [2.45, 2.75) is 12.6 Å². The molecule has 0 aliphatic heterocycles. The lowest BCUT2D eigenvalue weighted by atomic mass is 10.1. The molecule has 3 rings (SSSR count). The van der Waals surface area contributed by atoms with Crippen LogP contribution in [0.3, 0.4) is 0 Å². The Morgan fingerprint density at radius 1 is 1.25 bits per heavy atom. The molecule has 124 valence electrons. The Balaban J connectivity index is 1.62. The first-order valence-electron chi connectivity index (χ1n) is 7.47. The van der Waals surface area contributed by atoms with Gasteiger partial charge in [0.15, 0.2) is 0 Å². The highest BCUT2D eigenvalue weighted by atomic mass is 35.5. The van der Waals surface area contributed by atoms with Crippen LogP contribution in [0.15, 0.2) is 53.3 Å². The zero-order chi connectivity index (χ0) is 16.9. The zero-order valence-corrected chi connectivity index (χ0v) is 13.9. The van der Waals surface area contributed by atoms with Crippen molar-refractivity contribution in [1.29, 1.82) is 0 Å². The number of halogens is 1. The average Bonchev–Trinajstić information content (AvgIpc) is 3.04. The molecule has 7 heteroatoms. The molecule has 3 aromatic rings. The van der Waals surface area contributed by atoms with Crippen LogP contribution in [0.1, 0.15) is 17.6 Å². The third-order valence-electron chi connectivity index (χ3n) is 3.54. The fourth-order valence-corrected chi connectivity index (χ4v) is 2.63.